The largest absolute Gasteiger partial charge is 0.310 e. The Kier molecular flexibility index (Phi) is 8.23. The molecule has 0 amide bonds. The van der Waals surface area contributed by atoms with Gasteiger partial charge in [0.2, 0.25) is 0 Å². The standard InChI is InChI=1S/C55H41N/c1-55(2)51-23-10-8-20-50(51)54-49(22-13-24-52(54)55)48-19-9-11-25-53(48)56(45-36-32-43(33-37-45)47-21-12-17-42-16-6-7-18-46(42)47)44-34-30-41(31-35-44)40-28-26-39(27-29-40)38-14-4-3-5-15-38/h3-37H,1-2H3. The van der Waals surface area contributed by atoms with Crippen LogP contribution in [-0.4, -0.2) is 0 Å². The van der Waals surface area contributed by atoms with E-state index in [9.17, 15) is 0 Å². The summed E-state index contributed by atoms with van der Waals surface area (Å²) in [5, 5.41) is 2.51. The molecule has 0 aromatic heterocycles. The lowest BCUT2D eigenvalue weighted by Crippen LogP contribution is -2.14. The van der Waals surface area contributed by atoms with E-state index in [4.69, 9.17) is 0 Å². The lowest BCUT2D eigenvalue weighted by atomic mass is 9.82. The lowest BCUT2D eigenvalue weighted by molar-refractivity contribution is 0.660. The van der Waals surface area contributed by atoms with Gasteiger partial charge in [0.25, 0.3) is 0 Å². The summed E-state index contributed by atoms with van der Waals surface area (Å²) >= 11 is 0. The zero-order valence-electron chi connectivity index (χ0n) is 31.7. The fourth-order valence-corrected chi connectivity index (χ4v) is 8.86. The van der Waals surface area contributed by atoms with Crippen LogP contribution in [0.2, 0.25) is 0 Å². The van der Waals surface area contributed by atoms with Crippen LogP contribution in [0.5, 0.6) is 0 Å². The van der Waals surface area contributed by atoms with Crippen molar-refractivity contribution in [2.24, 2.45) is 0 Å². The Hall–Kier alpha value is -6.96. The summed E-state index contributed by atoms with van der Waals surface area (Å²) in [7, 11) is 0. The molecule has 10 rings (SSSR count). The first kappa shape index (κ1) is 33.6. The van der Waals surface area contributed by atoms with Gasteiger partial charge in [-0.15, -0.1) is 0 Å². The lowest BCUT2D eigenvalue weighted by Gasteiger charge is -2.29. The van der Waals surface area contributed by atoms with Crippen molar-refractivity contribution in [2.75, 3.05) is 4.90 Å². The molecule has 0 atom stereocenters. The molecule has 0 saturated carbocycles. The van der Waals surface area contributed by atoms with E-state index >= 15 is 0 Å². The minimum absolute atomic E-state index is 0.0802. The number of benzene rings is 9. The molecule has 0 bridgehead atoms. The Morgan fingerprint density at radius 3 is 1.50 bits per heavy atom. The second-order valence-corrected chi connectivity index (χ2v) is 15.3. The zero-order chi connectivity index (χ0) is 37.6. The summed E-state index contributed by atoms with van der Waals surface area (Å²) in [6.07, 6.45) is 0. The van der Waals surface area contributed by atoms with Crippen LogP contribution in [0.3, 0.4) is 0 Å². The molecule has 0 spiro atoms. The molecule has 1 heteroatoms. The fourth-order valence-electron chi connectivity index (χ4n) is 8.86. The number of rotatable bonds is 7. The maximum Gasteiger partial charge on any atom is 0.0540 e. The Bertz CT molecular complexity index is 2840. The molecule has 1 aliphatic rings. The van der Waals surface area contributed by atoms with Crippen molar-refractivity contribution in [3.63, 3.8) is 0 Å². The fraction of sp³-hybridized carbons (Fsp3) is 0.0545. The molecule has 0 heterocycles. The van der Waals surface area contributed by atoms with Gasteiger partial charge in [-0.2, -0.15) is 0 Å². The Morgan fingerprint density at radius 1 is 0.321 bits per heavy atom. The van der Waals surface area contributed by atoms with Gasteiger partial charge >= 0.3 is 0 Å². The Labute approximate surface area is 329 Å². The average Bonchev–Trinajstić information content (AvgIpc) is 3.50. The van der Waals surface area contributed by atoms with E-state index in [-0.39, 0.29) is 5.41 Å². The molecule has 56 heavy (non-hydrogen) atoms. The number of hydrogen-bond acceptors (Lipinski definition) is 1. The molecule has 1 aliphatic carbocycles. The number of nitrogens with zero attached hydrogens (tertiary/aromatic N) is 1. The third-order valence-electron chi connectivity index (χ3n) is 11.7. The van der Waals surface area contributed by atoms with Gasteiger partial charge in [0.15, 0.2) is 0 Å². The molecular weight excluding hydrogens is 675 g/mol. The molecule has 0 N–H and O–H groups in total. The van der Waals surface area contributed by atoms with E-state index in [1.807, 2.05) is 0 Å². The topological polar surface area (TPSA) is 3.24 Å². The smallest absolute Gasteiger partial charge is 0.0540 e. The van der Waals surface area contributed by atoms with Gasteiger partial charge in [0.05, 0.1) is 5.69 Å². The Balaban J connectivity index is 1.10. The average molecular weight is 716 g/mol. The maximum absolute atomic E-state index is 2.43. The van der Waals surface area contributed by atoms with Gasteiger partial charge in [-0.05, 0) is 102 Å². The van der Waals surface area contributed by atoms with E-state index in [1.54, 1.807) is 0 Å². The quantitative estimate of drug-likeness (QED) is 0.159. The molecule has 0 unspecified atom stereocenters. The van der Waals surface area contributed by atoms with Crippen LogP contribution >= 0.6 is 0 Å². The van der Waals surface area contributed by atoms with E-state index in [0.717, 1.165) is 17.1 Å². The van der Waals surface area contributed by atoms with Gasteiger partial charge < -0.3 is 4.90 Å². The van der Waals surface area contributed by atoms with Gasteiger partial charge in [0.1, 0.15) is 0 Å². The molecule has 0 saturated heterocycles. The first-order chi connectivity index (χ1) is 27.5. The van der Waals surface area contributed by atoms with Crippen LogP contribution in [0.25, 0.3) is 66.4 Å². The van der Waals surface area contributed by atoms with Crippen molar-refractivity contribution in [1.29, 1.82) is 0 Å². The highest BCUT2D eigenvalue weighted by molar-refractivity contribution is 5.99. The summed E-state index contributed by atoms with van der Waals surface area (Å²) < 4.78 is 0. The van der Waals surface area contributed by atoms with Crippen molar-refractivity contribution in [3.05, 3.63) is 223 Å². The highest BCUT2D eigenvalue weighted by atomic mass is 15.1. The highest BCUT2D eigenvalue weighted by Gasteiger charge is 2.37. The summed E-state index contributed by atoms with van der Waals surface area (Å²) in [6, 6.07) is 77.5. The minimum Gasteiger partial charge on any atom is -0.310 e. The third-order valence-corrected chi connectivity index (χ3v) is 11.7. The number of hydrogen-bond donors (Lipinski definition) is 0. The second-order valence-electron chi connectivity index (χ2n) is 15.3. The van der Waals surface area contributed by atoms with Crippen LogP contribution in [0.1, 0.15) is 25.0 Å². The Morgan fingerprint density at radius 2 is 0.786 bits per heavy atom. The van der Waals surface area contributed by atoms with Crippen LogP contribution in [0.4, 0.5) is 17.1 Å². The molecular formula is C55H41N. The molecule has 9 aromatic rings. The van der Waals surface area contributed by atoms with E-state index in [0.29, 0.717) is 0 Å². The van der Waals surface area contributed by atoms with Crippen molar-refractivity contribution in [3.8, 4) is 55.6 Å². The molecule has 0 fully saturated rings. The summed E-state index contributed by atoms with van der Waals surface area (Å²) in [5.74, 6) is 0. The number of fused-ring (bicyclic) bond motifs is 4. The van der Waals surface area contributed by atoms with Crippen molar-refractivity contribution >= 4 is 27.8 Å². The normalized spacial score (nSPS) is 12.6. The van der Waals surface area contributed by atoms with Crippen LogP contribution in [-0.2, 0) is 5.41 Å². The third kappa shape index (κ3) is 5.72. The van der Waals surface area contributed by atoms with E-state index in [2.05, 4.69) is 231 Å². The number of anilines is 3. The summed E-state index contributed by atoms with van der Waals surface area (Å²) in [6.45, 7) is 4.71. The molecule has 266 valence electrons. The van der Waals surface area contributed by atoms with Gasteiger partial charge in [-0.3, -0.25) is 0 Å². The monoisotopic (exact) mass is 715 g/mol. The first-order valence-electron chi connectivity index (χ1n) is 19.5. The second kappa shape index (κ2) is 13.7. The molecule has 9 aromatic carbocycles. The summed E-state index contributed by atoms with van der Waals surface area (Å²) in [4.78, 5) is 2.43. The van der Waals surface area contributed by atoms with Gasteiger partial charge in [-0.25, -0.2) is 0 Å². The maximum atomic E-state index is 2.43. The van der Waals surface area contributed by atoms with Crippen LogP contribution < -0.4 is 4.90 Å². The van der Waals surface area contributed by atoms with Crippen LogP contribution in [0.15, 0.2) is 212 Å². The van der Waals surface area contributed by atoms with Crippen LogP contribution in [0, 0.1) is 0 Å². The summed E-state index contributed by atoms with van der Waals surface area (Å²) in [5.41, 5.74) is 18.4. The first-order valence-corrected chi connectivity index (χ1v) is 19.5. The highest BCUT2D eigenvalue weighted by Crippen LogP contribution is 2.53. The van der Waals surface area contributed by atoms with E-state index in [1.165, 1.54) is 77.5 Å². The van der Waals surface area contributed by atoms with Gasteiger partial charge in [0, 0.05) is 22.4 Å². The zero-order valence-corrected chi connectivity index (χ0v) is 31.7. The molecule has 0 radical (unpaired) electrons. The van der Waals surface area contributed by atoms with Gasteiger partial charge in [-0.1, -0.05) is 196 Å². The molecule has 1 nitrogen and oxygen atoms in total. The van der Waals surface area contributed by atoms with Crippen molar-refractivity contribution in [1.82, 2.24) is 0 Å². The van der Waals surface area contributed by atoms with E-state index < -0.39 is 0 Å². The van der Waals surface area contributed by atoms with Crippen molar-refractivity contribution < 1.29 is 0 Å². The molecule has 0 aliphatic heterocycles. The number of para-hydroxylation sites is 1. The van der Waals surface area contributed by atoms with Crippen molar-refractivity contribution in [2.45, 2.75) is 19.3 Å². The predicted molar refractivity (Wildman–Crippen MR) is 238 cm³/mol. The predicted octanol–water partition coefficient (Wildman–Crippen LogP) is 15.3. The minimum atomic E-state index is -0.0802. The SMILES string of the molecule is CC1(C)c2ccccc2-c2c(-c3ccccc3N(c3ccc(-c4ccc(-c5ccccc5)cc4)cc3)c3ccc(-c4cccc5ccccc45)cc3)cccc21.